The molecule has 1 rings (SSSR count). The van der Waals surface area contributed by atoms with Crippen LogP contribution in [0.5, 0.6) is 0 Å². The quantitative estimate of drug-likeness (QED) is 0.255. The third-order valence-electron chi connectivity index (χ3n) is 2.26. The van der Waals surface area contributed by atoms with E-state index in [0.717, 1.165) is 45.3 Å². The van der Waals surface area contributed by atoms with Crippen molar-refractivity contribution >= 4 is 0 Å². The van der Waals surface area contributed by atoms with Crippen LogP contribution in [0.25, 0.3) is 16.0 Å². The van der Waals surface area contributed by atoms with Crippen molar-refractivity contribution in [3.8, 4) is 0 Å². The third-order valence-corrected chi connectivity index (χ3v) is 2.26. The Labute approximate surface area is 170 Å². The Balaban J connectivity index is -0.000000110. The van der Waals surface area contributed by atoms with E-state index in [-0.39, 0.29) is 26.2 Å². The van der Waals surface area contributed by atoms with Crippen LogP contribution in [-0.2, 0) is 26.2 Å². The molecule has 0 saturated carbocycles. The van der Waals surface area contributed by atoms with Crippen molar-refractivity contribution in [3.05, 3.63) is 78.2 Å². The first kappa shape index (κ1) is 31.3. The monoisotopic (exact) mass is 407 g/mol. The van der Waals surface area contributed by atoms with E-state index >= 15 is 0 Å². The average molecular weight is 409 g/mol. The van der Waals surface area contributed by atoms with Gasteiger partial charge in [-0.15, -0.1) is 45.8 Å². The van der Waals surface area contributed by atoms with Gasteiger partial charge in [-0.3, -0.25) is 6.08 Å². The molecule has 0 bridgehead atoms. The Morgan fingerprint density at radius 1 is 0.833 bits per heavy atom. The van der Waals surface area contributed by atoms with Crippen LogP contribution < -0.4 is 0 Å². The number of nitrogens with zero attached hydrogens (tertiary/aromatic N) is 3. The summed E-state index contributed by atoms with van der Waals surface area (Å²) in [5.41, 5.74) is 0. The van der Waals surface area contributed by atoms with Crippen molar-refractivity contribution < 1.29 is 26.2 Å². The SMILES string of the molecule is C=CCC[N-]C.C=CCC[N-]C.C=CCC[N-]C.[C-]1=CC=CC1.[Zr+4]. The van der Waals surface area contributed by atoms with Crippen LogP contribution in [0.1, 0.15) is 25.7 Å². The maximum absolute atomic E-state index is 3.85. The molecule has 0 saturated heterocycles. The van der Waals surface area contributed by atoms with Crippen LogP contribution in [0, 0.1) is 6.08 Å². The van der Waals surface area contributed by atoms with E-state index in [9.17, 15) is 0 Å². The molecule has 0 atom stereocenters. The smallest absolute Gasteiger partial charge is 0.665 e. The van der Waals surface area contributed by atoms with Crippen LogP contribution in [-0.4, -0.2) is 40.8 Å². The number of hydrogen-bond donors (Lipinski definition) is 0. The molecule has 0 unspecified atom stereocenters. The molecule has 0 heterocycles. The molecular formula is C20H35N3Zr. The van der Waals surface area contributed by atoms with Gasteiger partial charge in [0.15, 0.2) is 0 Å². The molecule has 3 nitrogen and oxygen atoms in total. The average Bonchev–Trinajstić information content (AvgIpc) is 3.17. The molecule has 0 radical (unpaired) electrons. The summed E-state index contributed by atoms with van der Waals surface area (Å²) in [7, 11) is 5.43. The van der Waals surface area contributed by atoms with E-state index < -0.39 is 0 Å². The van der Waals surface area contributed by atoms with E-state index in [1.54, 1.807) is 0 Å². The maximum atomic E-state index is 3.85. The summed E-state index contributed by atoms with van der Waals surface area (Å²) in [5.74, 6) is 0. The number of hydrogen-bond acceptors (Lipinski definition) is 0. The molecule has 0 aromatic heterocycles. The Morgan fingerprint density at radius 3 is 1.29 bits per heavy atom. The second kappa shape index (κ2) is 38.2. The Bertz CT molecular complexity index is 248. The van der Waals surface area contributed by atoms with Gasteiger partial charge in [0.1, 0.15) is 0 Å². The van der Waals surface area contributed by atoms with Crippen molar-refractivity contribution in [1.82, 2.24) is 0 Å². The fraction of sp³-hybridized carbons (Fsp3) is 0.500. The molecule has 0 aromatic carbocycles. The van der Waals surface area contributed by atoms with Crippen molar-refractivity contribution in [2.75, 3.05) is 40.8 Å². The van der Waals surface area contributed by atoms with E-state index in [0.29, 0.717) is 0 Å². The Kier molecular flexibility index (Phi) is 49.7. The van der Waals surface area contributed by atoms with Crippen molar-refractivity contribution in [2.24, 2.45) is 0 Å². The van der Waals surface area contributed by atoms with Gasteiger partial charge in [0, 0.05) is 0 Å². The standard InChI is InChI=1S/3C5H10N.C5H5.Zr/c3*1-3-4-5-6-2;1-2-4-5-3-1;/h3*3H,1,4-5H2,2H3;1-3H,4H2;/q4*-1;+4. The first-order valence-electron chi connectivity index (χ1n) is 7.96. The van der Waals surface area contributed by atoms with Crippen LogP contribution in [0.3, 0.4) is 0 Å². The van der Waals surface area contributed by atoms with Gasteiger partial charge in [0.2, 0.25) is 0 Å². The predicted molar refractivity (Wildman–Crippen MR) is 108 cm³/mol. The number of allylic oxidation sites excluding steroid dienone is 4. The Hall–Kier alpha value is -0.537. The van der Waals surface area contributed by atoms with Gasteiger partial charge in [-0.2, -0.15) is 27.2 Å². The summed E-state index contributed by atoms with van der Waals surface area (Å²) >= 11 is 0. The first-order valence-corrected chi connectivity index (χ1v) is 7.96. The normalized spacial score (nSPS) is 9.79. The van der Waals surface area contributed by atoms with Crippen LogP contribution in [0.4, 0.5) is 0 Å². The topological polar surface area (TPSA) is 42.3 Å². The zero-order valence-corrected chi connectivity index (χ0v) is 18.3. The molecular weight excluding hydrogens is 373 g/mol. The summed E-state index contributed by atoms with van der Waals surface area (Å²) in [4.78, 5) is 0. The molecule has 0 aliphatic heterocycles. The first-order chi connectivity index (χ1) is 11.2. The van der Waals surface area contributed by atoms with Gasteiger partial charge >= 0.3 is 26.2 Å². The number of rotatable bonds is 9. The van der Waals surface area contributed by atoms with E-state index in [1.807, 2.05) is 51.5 Å². The predicted octanol–water partition coefficient (Wildman–Crippen LogP) is 6.00. The molecule has 0 spiro atoms. The van der Waals surface area contributed by atoms with Crippen molar-refractivity contribution in [2.45, 2.75) is 25.7 Å². The molecule has 1 aliphatic rings. The van der Waals surface area contributed by atoms with Crippen LogP contribution >= 0.6 is 0 Å². The summed E-state index contributed by atoms with van der Waals surface area (Å²) in [5, 5.41) is 11.6. The minimum absolute atomic E-state index is 0. The third kappa shape index (κ3) is 49.6. The fourth-order valence-corrected chi connectivity index (χ4v) is 1.00. The van der Waals surface area contributed by atoms with E-state index in [1.165, 1.54) is 0 Å². The van der Waals surface area contributed by atoms with Crippen LogP contribution in [0.2, 0.25) is 0 Å². The van der Waals surface area contributed by atoms with Gasteiger partial charge in [0.05, 0.1) is 0 Å². The van der Waals surface area contributed by atoms with E-state index in [4.69, 9.17) is 0 Å². The van der Waals surface area contributed by atoms with Gasteiger partial charge in [-0.1, -0.05) is 37.5 Å². The fourth-order valence-electron chi connectivity index (χ4n) is 1.00. The molecule has 0 fully saturated rings. The van der Waals surface area contributed by atoms with Gasteiger partial charge < -0.3 is 16.0 Å². The summed E-state index contributed by atoms with van der Waals surface area (Å²) < 4.78 is 0. The molecule has 134 valence electrons. The zero-order chi connectivity index (χ0) is 18.0. The minimum atomic E-state index is 0. The largest absolute Gasteiger partial charge is 4.00 e. The summed E-state index contributed by atoms with van der Waals surface area (Å²) in [6.45, 7) is 13.4. The molecule has 1 aliphatic carbocycles. The molecule has 4 heteroatoms. The molecule has 24 heavy (non-hydrogen) atoms. The maximum Gasteiger partial charge on any atom is 4.00 e. The van der Waals surface area contributed by atoms with Crippen molar-refractivity contribution in [1.29, 1.82) is 0 Å². The Morgan fingerprint density at radius 2 is 1.21 bits per heavy atom. The minimum Gasteiger partial charge on any atom is -0.665 e. The van der Waals surface area contributed by atoms with Gasteiger partial charge in [-0.05, 0) is 0 Å². The van der Waals surface area contributed by atoms with Crippen molar-refractivity contribution in [3.63, 3.8) is 0 Å². The van der Waals surface area contributed by atoms with E-state index in [2.05, 4.69) is 47.8 Å². The van der Waals surface area contributed by atoms with Crippen LogP contribution in [0.15, 0.2) is 56.2 Å². The summed E-state index contributed by atoms with van der Waals surface area (Å²) in [6, 6.07) is 0. The molecule has 0 N–H and O–H groups in total. The second-order valence-corrected chi connectivity index (χ2v) is 4.35. The summed E-state index contributed by atoms with van der Waals surface area (Å²) in [6.07, 6.45) is 18.6. The second-order valence-electron chi connectivity index (χ2n) is 4.35. The van der Waals surface area contributed by atoms with Gasteiger partial charge in [0.25, 0.3) is 0 Å². The molecule has 0 aromatic rings. The zero-order valence-electron chi connectivity index (χ0n) is 15.9. The molecule has 0 amide bonds. The van der Waals surface area contributed by atoms with Gasteiger partial charge in [-0.25, -0.2) is 12.2 Å².